The standard InChI is InChI=1S/C15H13F2NO2/c1-18(9-10-4-2-3-5-13(10)16)15(20)12-7-6-11(19)8-14(12)17/h2-8,19H,9H2,1H3. The van der Waals surface area contributed by atoms with Crippen LogP contribution in [-0.2, 0) is 6.54 Å². The van der Waals surface area contributed by atoms with Crippen LogP contribution in [0.2, 0.25) is 0 Å². The van der Waals surface area contributed by atoms with E-state index in [1.165, 1.54) is 30.1 Å². The molecule has 0 aliphatic rings. The highest BCUT2D eigenvalue weighted by Gasteiger charge is 2.17. The Balaban J connectivity index is 2.19. The summed E-state index contributed by atoms with van der Waals surface area (Å²) in [7, 11) is 1.46. The van der Waals surface area contributed by atoms with Gasteiger partial charge in [-0.05, 0) is 18.2 Å². The third-order valence-corrected chi connectivity index (χ3v) is 2.90. The molecule has 1 N–H and O–H groups in total. The van der Waals surface area contributed by atoms with E-state index in [1.807, 2.05) is 0 Å². The van der Waals surface area contributed by atoms with E-state index in [1.54, 1.807) is 18.2 Å². The summed E-state index contributed by atoms with van der Waals surface area (Å²) in [4.78, 5) is 13.3. The summed E-state index contributed by atoms with van der Waals surface area (Å²) < 4.78 is 27.1. The molecule has 0 spiro atoms. The quantitative estimate of drug-likeness (QED) is 0.937. The monoisotopic (exact) mass is 277 g/mol. The average molecular weight is 277 g/mol. The van der Waals surface area contributed by atoms with Crippen molar-refractivity contribution < 1.29 is 18.7 Å². The van der Waals surface area contributed by atoms with Crippen LogP contribution in [0.15, 0.2) is 42.5 Å². The van der Waals surface area contributed by atoms with Crippen LogP contribution in [0.4, 0.5) is 8.78 Å². The van der Waals surface area contributed by atoms with Crippen molar-refractivity contribution in [3.63, 3.8) is 0 Å². The van der Waals surface area contributed by atoms with Gasteiger partial charge in [-0.1, -0.05) is 18.2 Å². The molecule has 2 aromatic rings. The molecule has 3 nitrogen and oxygen atoms in total. The fourth-order valence-corrected chi connectivity index (χ4v) is 1.84. The van der Waals surface area contributed by atoms with E-state index in [0.717, 1.165) is 6.07 Å². The molecule has 0 saturated heterocycles. The molecule has 0 heterocycles. The zero-order chi connectivity index (χ0) is 14.7. The number of rotatable bonds is 3. The van der Waals surface area contributed by atoms with E-state index in [0.29, 0.717) is 5.56 Å². The minimum absolute atomic E-state index is 0.0336. The zero-order valence-electron chi connectivity index (χ0n) is 10.8. The van der Waals surface area contributed by atoms with E-state index in [9.17, 15) is 13.6 Å². The van der Waals surface area contributed by atoms with Crippen molar-refractivity contribution in [3.8, 4) is 5.75 Å². The number of carbonyl (C=O) groups is 1. The summed E-state index contributed by atoms with van der Waals surface area (Å²) >= 11 is 0. The molecule has 2 rings (SSSR count). The van der Waals surface area contributed by atoms with Gasteiger partial charge in [-0.3, -0.25) is 4.79 Å². The maximum Gasteiger partial charge on any atom is 0.256 e. The molecule has 1 amide bonds. The topological polar surface area (TPSA) is 40.5 Å². The fourth-order valence-electron chi connectivity index (χ4n) is 1.84. The second-order valence-corrected chi connectivity index (χ2v) is 4.42. The van der Waals surface area contributed by atoms with Crippen molar-refractivity contribution in [2.75, 3.05) is 7.05 Å². The lowest BCUT2D eigenvalue weighted by Crippen LogP contribution is -2.27. The minimum Gasteiger partial charge on any atom is -0.508 e. The number of hydrogen-bond acceptors (Lipinski definition) is 2. The molecule has 0 saturated carbocycles. The van der Waals surface area contributed by atoms with Crippen LogP contribution in [0, 0.1) is 11.6 Å². The molecule has 0 radical (unpaired) electrons. The number of phenols is 1. The normalized spacial score (nSPS) is 10.3. The van der Waals surface area contributed by atoms with Crippen molar-refractivity contribution in [1.82, 2.24) is 4.90 Å². The van der Waals surface area contributed by atoms with Crippen molar-refractivity contribution >= 4 is 5.91 Å². The number of carbonyl (C=O) groups excluding carboxylic acids is 1. The number of benzene rings is 2. The molecule has 2 aromatic carbocycles. The molecule has 20 heavy (non-hydrogen) atoms. The van der Waals surface area contributed by atoms with Gasteiger partial charge in [0.1, 0.15) is 17.4 Å². The number of nitrogens with zero attached hydrogens (tertiary/aromatic N) is 1. The lowest BCUT2D eigenvalue weighted by molar-refractivity contribution is 0.0779. The van der Waals surface area contributed by atoms with Gasteiger partial charge in [0.15, 0.2) is 0 Å². The molecule has 5 heteroatoms. The number of halogens is 2. The van der Waals surface area contributed by atoms with Crippen molar-refractivity contribution in [1.29, 1.82) is 0 Å². The first-order valence-corrected chi connectivity index (χ1v) is 5.96. The second kappa shape index (κ2) is 5.69. The fraction of sp³-hybridized carbons (Fsp3) is 0.133. The smallest absolute Gasteiger partial charge is 0.256 e. The average Bonchev–Trinajstić information content (AvgIpc) is 2.40. The Kier molecular flexibility index (Phi) is 3.98. The van der Waals surface area contributed by atoms with E-state index < -0.39 is 17.5 Å². The van der Waals surface area contributed by atoms with Gasteiger partial charge >= 0.3 is 0 Å². The predicted octanol–water partition coefficient (Wildman–Crippen LogP) is 2.94. The Labute approximate surface area is 115 Å². The predicted molar refractivity (Wildman–Crippen MR) is 70.3 cm³/mol. The molecule has 0 aliphatic heterocycles. The van der Waals surface area contributed by atoms with Crippen molar-refractivity contribution in [2.24, 2.45) is 0 Å². The number of hydrogen-bond donors (Lipinski definition) is 1. The molecular formula is C15H13F2NO2. The summed E-state index contributed by atoms with van der Waals surface area (Å²) in [5, 5.41) is 9.11. The van der Waals surface area contributed by atoms with Crippen LogP contribution in [0.5, 0.6) is 5.75 Å². The Morgan fingerprint density at radius 3 is 2.50 bits per heavy atom. The molecule has 0 fully saturated rings. The van der Waals surface area contributed by atoms with Gasteiger partial charge in [0.2, 0.25) is 0 Å². The summed E-state index contributed by atoms with van der Waals surface area (Å²) in [5.41, 5.74) is 0.184. The van der Waals surface area contributed by atoms with Crippen LogP contribution >= 0.6 is 0 Å². The first-order chi connectivity index (χ1) is 9.49. The Morgan fingerprint density at radius 1 is 1.15 bits per heavy atom. The lowest BCUT2D eigenvalue weighted by Gasteiger charge is -2.18. The van der Waals surface area contributed by atoms with Crippen LogP contribution in [0.3, 0.4) is 0 Å². The summed E-state index contributed by atoms with van der Waals surface area (Å²) in [6.45, 7) is 0.0336. The van der Waals surface area contributed by atoms with Crippen LogP contribution in [0.25, 0.3) is 0 Å². The first-order valence-electron chi connectivity index (χ1n) is 5.96. The lowest BCUT2D eigenvalue weighted by atomic mass is 10.1. The van der Waals surface area contributed by atoms with Crippen LogP contribution in [-0.4, -0.2) is 23.0 Å². The van der Waals surface area contributed by atoms with Gasteiger partial charge in [0.25, 0.3) is 5.91 Å². The first kappa shape index (κ1) is 14.0. The van der Waals surface area contributed by atoms with Gasteiger partial charge in [-0.25, -0.2) is 8.78 Å². The largest absolute Gasteiger partial charge is 0.508 e. The van der Waals surface area contributed by atoms with Crippen LogP contribution in [0.1, 0.15) is 15.9 Å². The van der Waals surface area contributed by atoms with Crippen LogP contribution < -0.4 is 0 Å². The van der Waals surface area contributed by atoms with Gasteiger partial charge < -0.3 is 10.0 Å². The summed E-state index contributed by atoms with van der Waals surface area (Å²) in [5.74, 6) is -2.06. The number of phenolic OH excluding ortho intramolecular Hbond substituents is 1. The molecule has 0 aliphatic carbocycles. The Hall–Kier alpha value is -2.43. The van der Waals surface area contributed by atoms with E-state index in [2.05, 4.69) is 0 Å². The second-order valence-electron chi connectivity index (χ2n) is 4.42. The van der Waals surface area contributed by atoms with Crippen molar-refractivity contribution in [3.05, 3.63) is 65.2 Å². The minimum atomic E-state index is -0.810. The van der Waals surface area contributed by atoms with Crippen molar-refractivity contribution in [2.45, 2.75) is 6.54 Å². The van der Waals surface area contributed by atoms with E-state index in [4.69, 9.17) is 5.11 Å². The van der Waals surface area contributed by atoms with Gasteiger partial charge in [0, 0.05) is 25.2 Å². The van der Waals surface area contributed by atoms with E-state index in [-0.39, 0.29) is 17.9 Å². The Morgan fingerprint density at radius 2 is 1.85 bits per heavy atom. The van der Waals surface area contributed by atoms with Gasteiger partial charge in [-0.2, -0.15) is 0 Å². The third kappa shape index (κ3) is 2.93. The summed E-state index contributed by atoms with van der Waals surface area (Å²) in [6.07, 6.45) is 0. The number of aromatic hydroxyl groups is 1. The highest BCUT2D eigenvalue weighted by molar-refractivity contribution is 5.94. The third-order valence-electron chi connectivity index (χ3n) is 2.90. The molecule has 104 valence electrons. The maximum absolute atomic E-state index is 13.6. The highest BCUT2D eigenvalue weighted by atomic mass is 19.1. The molecule has 0 unspecified atom stereocenters. The van der Waals surface area contributed by atoms with Gasteiger partial charge in [-0.15, -0.1) is 0 Å². The zero-order valence-corrected chi connectivity index (χ0v) is 10.8. The molecule has 0 atom stereocenters. The maximum atomic E-state index is 13.6. The SMILES string of the molecule is CN(Cc1ccccc1F)C(=O)c1ccc(O)cc1F. The summed E-state index contributed by atoms with van der Waals surface area (Å²) in [6, 6.07) is 9.38. The molecular weight excluding hydrogens is 264 g/mol. The molecule has 0 bridgehead atoms. The number of amides is 1. The highest BCUT2D eigenvalue weighted by Crippen LogP contribution is 2.17. The Bertz CT molecular complexity index is 644. The van der Waals surface area contributed by atoms with E-state index >= 15 is 0 Å². The van der Waals surface area contributed by atoms with Gasteiger partial charge in [0.05, 0.1) is 5.56 Å². The molecule has 0 aromatic heterocycles.